The SMILES string of the molecule is CCN(C(=O)Oc1ccc(F)cc1)C1CN(C=O)C[C@@H]1c1ccc(Cl)cc1. The molecule has 2 aromatic rings. The predicted octanol–water partition coefficient (Wildman–Crippen LogP) is 3.92. The topological polar surface area (TPSA) is 49.9 Å². The van der Waals surface area contributed by atoms with Crippen molar-refractivity contribution < 1.29 is 18.7 Å². The molecule has 1 unspecified atom stereocenters. The summed E-state index contributed by atoms with van der Waals surface area (Å²) in [5.41, 5.74) is 1.00. The monoisotopic (exact) mass is 390 g/mol. The Hall–Kier alpha value is -2.60. The molecule has 0 aromatic heterocycles. The second kappa shape index (κ2) is 8.39. The molecule has 2 amide bonds. The molecule has 0 aliphatic carbocycles. The second-order valence-corrected chi connectivity index (χ2v) is 6.83. The minimum absolute atomic E-state index is 0.0480. The van der Waals surface area contributed by atoms with Crippen molar-refractivity contribution in [2.45, 2.75) is 18.9 Å². The number of ether oxygens (including phenoxy) is 1. The molecule has 1 fully saturated rings. The summed E-state index contributed by atoms with van der Waals surface area (Å²) >= 11 is 5.97. The van der Waals surface area contributed by atoms with Crippen molar-refractivity contribution in [3.05, 3.63) is 64.9 Å². The summed E-state index contributed by atoms with van der Waals surface area (Å²) in [4.78, 5) is 27.3. The number of benzene rings is 2. The fourth-order valence-corrected chi connectivity index (χ4v) is 3.54. The highest BCUT2D eigenvalue weighted by Gasteiger charge is 2.39. The molecule has 2 aromatic carbocycles. The Bertz CT molecular complexity index is 798. The number of carbonyl (C=O) groups is 2. The maximum Gasteiger partial charge on any atom is 0.415 e. The van der Waals surface area contributed by atoms with Gasteiger partial charge in [0.05, 0.1) is 6.04 Å². The zero-order valence-corrected chi connectivity index (χ0v) is 15.6. The Morgan fingerprint density at radius 3 is 2.48 bits per heavy atom. The van der Waals surface area contributed by atoms with Crippen molar-refractivity contribution >= 4 is 24.1 Å². The molecule has 0 N–H and O–H groups in total. The molecule has 7 heteroatoms. The zero-order valence-electron chi connectivity index (χ0n) is 14.8. The first-order chi connectivity index (χ1) is 13.0. The van der Waals surface area contributed by atoms with E-state index in [1.54, 1.807) is 21.9 Å². The largest absolute Gasteiger partial charge is 0.415 e. The summed E-state index contributed by atoms with van der Waals surface area (Å²) in [6.45, 7) is 3.20. The van der Waals surface area contributed by atoms with E-state index in [2.05, 4.69) is 0 Å². The maximum atomic E-state index is 13.0. The highest BCUT2D eigenvalue weighted by molar-refractivity contribution is 6.30. The quantitative estimate of drug-likeness (QED) is 0.727. The Labute approximate surface area is 162 Å². The van der Waals surface area contributed by atoms with E-state index >= 15 is 0 Å². The van der Waals surface area contributed by atoms with E-state index in [4.69, 9.17) is 16.3 Å². The van der Waals surface area contributed by atoms with Crippen molar-refractivity contribution in [2.24, 2.45) is 0 Å². The van der Waals surface area contributed by atoms with Crippen LogP contribution in [0.2, 0.25) is 5.02 Å². The first-order valence-corrected chi connectivity index (χ1v) is 9.08. The minimum atomic E-state index is -0.527. The van der Waals surface area contributed by atoms with E-state index in [0.29, 0.717) is 24.7 Å². The number of nitrogens with zero attached hydrogens (tertiary/aromatic N) is 2. The molecular formula is C20H20ClFN2O3. The van der Waals surface area contributed by atoms with Crippen molar-refractivity contribution in [1.29, 1.82) is 0 Å². The number of hydrogen-bond donors (Lipinski definition) is 0. The van der Waals surface area contributed by atoms with Gasteiger partial charge in [-0.15, -0.1) is 0 Å². The van der Waals surface area contributed by atoms with Gasteiger partial charge in [0.25, 0.3) is 0 Å². The Balaban J connectivity index is 1.81. The number of hydrogen-bond acceptors (Lipinski definition) is 3. The molecule has 1 aliphatic rings. The van der Waals surface area contributed by atoms with Crippen LogP contribution >= 0.6 is 11.6 Å². The van der Waals surface area contributed by atoms with Crippen LogP contribution in [-0.4, -0.2) is 48.0 Å². The molecular weight excluding hydrogens is 371 g/mol. The van der Waals surface area contributed by atoms with Crippen LogP contribution in [0.25, 0.3) is 0 Å². The summed E-state index contributed by atoms with van der Waals surface area (Å²) in [5, 5.41) is 0.628. The molecule has 0 radical (unpaired) electrons. The van der Waals surface area contributed by atoms with Gasteiger partial charge in [-0.05, 0) is 48.9 Å². The van der Waals surface area contributed by atoms with Crippen LogP contribution in [0.4, 0.5) is 9.18 Å². The standard InChI is InChI=1S/C20H20ClFN2O3/c1-2-24(20(26)27-17-9-7-16(22)8-10-17)19-12-23(13-25)11-18(19)14-3-5-15(21)6-4-14/h3-10,13,18-19H,2,11-12H2,1H3/t18-,19?/m1/s1. The Morgan fingerprint density at radius 2 is 1.89 bits per heavy atom. The molecule has 1 aliphatic heterocycles. The fraction of sp³-hybridized carbons (Fsp3) is 0.300. The van der Waals surface area contributed by atoms with E-state index in [-0.39, 0.29) is 17.7 Å². The number of rotatable bonds is 5. The summed E-state index contributed by atoms with van der Waals surface area (Å²) in [6.07, 6.45) is 0.267. The summed E-state index contributed by atoms with van der Waals surface area (Å²) < 4.78 is 18.4. The van der Waals surface area contributed by atoms with Gasteiger partial charge in [0.1, 0.15) is 11.6 Å². The lowest BCUT2D eigenvalue weighted by molar-refractivity contribution is -0.117. The smallest absolute Gasteiger partial charge is 0.410 e. The molecule has 0 spiro atoms. The second-order valence-electron chi connectivity index (χ2n) is 6.39. The number of halogens is 2. The lowest BCUT2D eigenvalue weighted by atomic mass is 9.93. The molecule has 2 atom stereocenters. The van der Waals surface area contributed by atoms with E-state index in [0.717, 1.165) is 12.0 Å². The van der Waals surface area contributed by atoms with Crippen molar-refractivity contribution in [1.82, 2.24) is 9.80 Å². The maximum absolute atomic E-state index is 13.0. The molecule has 1 heterocycles. The highest BCUT2D eigenvalue weighted by Crippen LogP contribution is 2.32. The lowest BCUT2D eigenvalue weighted by Gasteiger charge is -2.30. The van der Waals surface area contributed by atoms with Gasteiger partial charge in [0.2, 0.25) is 6.41 Å². The van der Waals surface area contributed by atoms with Crippen LogP contribution in [-0.2, 0) is 4.79 Å². The Morgan fingerprint density at radius 1 is 1.22 bits per heavy atom. The summed E-state index contributed by atoms with van der Waals surface area (Å²) in [5.74, 6) is -0.177. The third-order valence-corrected chi connectivity index (χ3v) is 5.01. The summed E-state index contributed by atoms with van der Waals surface area (Å²) in [7, 11) is 0. The normalized spacial score (nSPS) is 19.0. The third-order valence-electron chi connectivity index (χ3n) is 4.76. The van der Waals surface area contributed by atoms with Crippen molar-refractivity contribution in [3.63, 3.8) is 0 Å². The van der Waals surface area contributed by atoms with E-state index in [1.807, 2.05) is 19.1 Å². The molecule has 5 nitrogen and oxygen atoms in total. The van der Waals surface area contributed by atoms with Gasteiger partial charge in [0, 0.05) is 30.6 Å². The van der Waals surface area contributed by atoms with E-state index in [1.165, 1.54) is 24.3 Å². The van der Waals surface area contributed by atoms with Gasteiger partial charge in [-0.25, -0.2) is 9.18 Å². The van der Waals surface area contributed by atoms with Gasteiger partial charge in [0.15, 0.2) is 0 Å². The molecule has 3 rings (SSSR count). The molecule has 0 bridgehead atoms. The number of likely N-dealkylation sites (tertiary alicyclic amines) is 1. The van der Waals surface area contributed by atoms with Crippen molar-refractivity contribution in [3.8, 4) is 5.75 Å². The summed E-state index contributed by atoms with van der Waals surface area (Å²) in [6, 6.07) is 12.5. The highest BCUT2D eigenvalue weighted by atomic mass is 35.5. The average molecular weight is 391 g/mol. The van der Waals surface area contributed by atoms with Crippen LogP contribution in [0, 0.1) is 5.82 Å². The predicted molar refractivity (Wildman–Crippen MR) is 100 cm³/mol. The Kier molecular flexibility index (Phi) is 5.96. The van der Waals surface area contributed by atoms with Crippen molar-refractivity contribution in [2.75, 3.05) is 19.6 Å². The van der Waals surface area contributed by atoms with Crippen LogP contribution in [0.3, 0.4) is 0 Å². The first kappa shape index (κ1) is 19.2. The van der Waals surface area contributed by atoms with E-state index < -0.39 is 11.9 Å². The lowest BCUT2D eigenvalue weighted by Crippen LogP contribution is -2.45. The number of amides is 2. The van der Waals surface area contributed by atoms with Gasteiger partial charge in [-0.1, -0.05) is 23.7 Å². The first-order valence-electron chi connectivity index (χ1n) is 8.70. The van der Waals surface area contributed by atoms with E-state index in [9.17, 15) is 14.0 Å². The number of likely N-dealkylation sites (N-methyl/N-ethyl adjacent to an activating group) is 1. The van der Waals surface area contributed by atoms with Gasteiger partial charge < -0.3 is 14.5 Å². The third kappa shape index (κ3) is 4.39. The molecule has 142 valence electrons. The molecule has 0 saturated carbocycles. The van der Waals surface area contributed by atoms with Gasteiger partial charge >= 0.3 is 6.09 Å². The van der Waals surface area contributed by atoms with Crippen LogP contribution in [0.5, 0.6) is 5.75 Å². The van der Waals surface area contributed by atoms with Crippen LogP contribution in [0.15, 0.2) is 48.5 Å². The van der Waals surface area contributed by atoms with Gasteiger partial charge in [-0.3, -0.25) is 4.79 Å². The van der Waals surface area contributed by atoms with Crippen LogP contribution < -0.4 is 4.74 Å². The minimum Gasteiger partial charge on any atom is -0.410 e. The van der Waals surface area contributed by atoms with Gasteiger partial charge in [-0.2, -0.15) is 0 Å². The zero-order chi connectivity index (χ0) is 19.4. The molecule has 27 heavy (non-hydrogen) atoms. The van der Waals surface area contributed by atoms with Crippen LogP contribution in [0.1, 0.15) is 18.4 Å². The average Bonchev–Trinajstić information content (AvgIpc) is 3.09. The molecule has 1 saturated heterocycles. The fourth-order valence-electron chi connectivity index (χ4n) is 3.42. The number of carbonyl (C=O) groups excluding carboxylic acids is 2.